The highest BCUT2D eigenvalue weighted by molar-refractivity contribution is 4.85. The van der Waals surface area contributed by atoms with Crippen molar-refractivity contribution >= 4 is 0 Å². The molecule has 4 N–H and O–H groups in total. The van der Waals surface area contributed by atoms with E-state index in [1.54, 1.807) is 6.92 Å². The largest absolute Gasteiger partial charge is 0.394 e. The van der Waals surface area contributed by atoms with Gasteiger partial charge in [0.05, 0.1) is 18.8 Å². The molecule has 1 saturated heterocycles. The molecule has 72 valence electrons. The summed E-state index contributed by atoms with van der Waals surface area (Å²) in [6.07, 6.45) is -4.36. The highest BCUT2D eigenvalue weighted by Gasteiger charge is 2.40. The second kappa shape index (κ2) is 3.68. The zero-order valence-corrected chi connectivity index (χ0v) is 6.79. The first-order chi connectivity index (χ1) is 5.57. The second-order valence-electron chi connectivity index (χ2n) is 3.09. The van der Waals surface area contributed by atoms with Gasteiger partial charge in [0.15, 0.2) is 6.29 Å². The standard InChI is InChI=1S/C7H14O5/c1-3-4(2-8)12-7(11)6(10)5(3)9/h3-11H,2H2,1H3/t3-,4?,5?,6?,7+/m1/s1. The Morgan fingerprint density at radius 2 is 1.75 bits per heavy atom. The highest BCUT2D eigenvalue weighted by Crippen LogP contribution is 2.24. The van der Waals surface area contributed by atoms with E-state index >= 15 is 0 Å². The lowest BCUT2D eigenvalue weighted by Crippen LogP contribution is -2.54. The van der Waals surface area contributed by atoms with Gasteiger partial charge in [-0.1, -0.05) is 6.92 Å². The molecule has 1 aliphatic rings. The van der Waals surface area contributed by atoms with Crippen LogP contribution >= 0.6 is 0 Å². The van der Waals surface area contributed by atoms with E-state index in [-0.39, 0.29) is 12.5 Å². The van der Waals surface area contributed by atoms with Gasteiger partial charge in [0.25, 0.3) is 0 Å². The summed E-state index contributed by atoms with van der Waals surface area (Å²) >= 11 is 0. The molecule has 0 radical (unpaired) electrons. The summed E-state index contributed by atoms with van der Waals surface area (Å²) < 4.78 is 4.83. The van der Waals surface area contributed by atoms with Crippen LogP contribution in [-0.2, 0) is 4.74 Å². The van der Waals surface area contributed by atoms with Crippen LogP contribution in [0, 0.1) is 5.92 Å². The van der Waals surface area contributed by atoms with E-state index in [0.717, 1.165) is 0 Å². The van der Waals surface area contributed by atoms with E-state index in [0.29, 0.717) is 0 Å². The summed E-state index contributed by atoms with van der Waals surface area (Å²) in [6.45, 7) is 1.36. The average molecular weight is 178 g/mol. The van der Waals surface area contributed by atoms with Gasteiger partial charge in [-0.05, 0) is 0 Å². The molecule has 3 unspecified atom stereocenters. The Hall–Kier alpha value is -0.200. The molecule has 12 heavy (non-hydrogen) atoms. The molecule has 1 fully saturated rings. The fourth-order valence-electron chi connectivity index (χ4n) is 1.29. The van der Waals surface area contributed by atoms with Crippen LogP contribution in [0.2, 0.25) is 0 Å². The fourth-order valence-corrected chi connectivity index (χ4v) is 1.29. The Kier molecular flexibility index (Phi) is 3.03. The van der Waals surface area contributed by atoms with Gasteiger partial charge in [-0.25, -0.2) is 0 Å². The molecule has 0 spiro atoms. The molecule has 0 bridgehead atoms. The van der Waals surface area contributed by atoms with Crippen LogP contribution in [0.25, 0.3) is 0 Å². The van der Waals surface area contributed by atoms with E-state index in [9.17, 15) is 5.11 Å². The van der Waals surface area contributed by atoms with Crippen LogP contribution in [0.3, 0.4) is 0 Å². The summed E-state index contributed by atoms with van der Waals surface area (Å²) in [6, 6.07) is 0. The number of aliphatic hydroxyl groups excluding tert-OH is 4. The predicted octanol–water partition coefficient (Wildman–Crippen LogP) is -1.95. The lowest BCUT2D eigenvalue weighted by atomic mass is 9.91. The predicted molar refractivity (Wildman–Crippen MR) is 39.1 cm³/mol. The highest BCUT2D eigenvalue weighted by atomic mass is 16.6. The monoisotopic (exact) mass is 178 g/mol. The van der Waals surface area contributed by atoms with Crippen LogP contribution in [0.4, 0.5) is 0 Å². The number of rotatable bonds is 1. The van der Waals surface area contributed by atoms with Crippen LogP contribution in [0.1, 0.15) is 6.92 Å². The average Bonchev–Trinajstić information content (AvgIpc) is 2.08. The first-order valence-corrected chi connectivity index (χ1v) is 3.88. The molecule has 5 atom stereocenters. The van der Waals surface area contributed by atoms with Crippen LogP contribution in [-0.4, -0.2) is 51.6 Å². The van der Waals surface area contributed by atoms with Crippen molar-refractivity contribution in [3.05, 3.63) is 0 Å². The van der Waals surface area contributed by atoms with Gasteiger partial charge >= 0.3 is 0 Å². The second-order valence-corrected chi connectivity index (χ2v) is 3.09. The van der Waals surface area contributed by atoms with Gasteiger partial charge in [0.1, 0.15) is 6.10 Å². The molecule has 1 rings (SSSR count). The SMILES string of the molecule is C[C@@H]1C(CO)O[C@H](O)C(O)C1O. The van der Waals surface area contributed by atoms with Crippen molar-refractivity contribution in [2.45, 2.75) is 31.5 Å². The van der Waals surface area contributed by atoms with Gasteiger partial charge in [0.2, 0.25) is 0 Å². The number of aliphatic hydroxyl groups is 4. The zero-order valence-electron chi connectivity index (χ0n) is 6.79. The van der Waals surface area contributed by atoms with Crippen molar-refractivity contribution in [3.63, 3.8) is 0 Å². The van der Waals surface area contributed by atoms with Crippen molar-refractivity contribution in [3.8, 4) is 0 Å². The van der Waals surface area contributed by atoms with Gasteiger partial charge in [0, 0.05) is 5.92 Å². The van der Waals surface area contributed by atoms with Crippen LogP contribution < -0.4 is 0 Å². The van der Waals surface area contributed by atoms with Crippen molar-refractivity contribution in [1.29, 1.82) is 0 Å². The molecule has 5 heteroatoms. The van der Waals surface area contributed by atoms with Crippen LogP contribution in [0.15, 0.2) is 0 Å². The van der Waals surface area contributed by atoms with Crippen molar-refractivity contribution in [1.82, 2.24) is 0 Å². The Labute approximate surface area is 70.2 Å². The Morgan fingerprint density at radius 1 is 1.17 bits per heavy atom. The molecular formula is C7H14O5. The Morgan fingerprint density at radius 3 is 2.25 bits per heavy atom. The van der Waals surface area contributed by atoms with Crippen molar-refractivity contribution < 1.29 is 25.2 Å². The quantitative estimate of drug-likeness (QED) is 0.375. The third-order valence-electron chi connectivity index (χ3n) is 2.26. The maximum atomic E-state index is 9.32. The normalized spacial score (nSPS) is 49.2. The summed E-state index contributed by atoms with van der Waals surface area (Å²) in [7, 11) is 0. The van der Waals surface area contributed by atoms with Gasteiger partial charge in [-0.15, -0.1) is 0 Å². The molecule has 0 aromatic carbocycles. The lowest BCUT2D eigenvalue weighted by molar-refractivity contribution is -0.271. The Bertz CT molecular complexity index is 146. The van der Waals surface area contributed by atoms with E-state index in [1.807, 2.05) is 0 Å². The van der Waals surface area contributed by atoms with Crippen molar-refractivity contribution in [2.24, 2.45) is 5.92 Å². The Balaban J connectivity index is 2.63. The third kappa shape index (κ3) is 1.60. The molecule has 0 aromatic rings. The topological polar surface area (TPSA) is 90.2 Å². The minimum Gasteiger partial charge on any atom is -0.394 e. The number of hydrogen-bond donors (Lipinski definition) is 4. The molecule has 5 nitrogen and oxygen atoms in total. The number of ether oxygens (including phenoxy) is 1. The first-order valence-electron chi connectivity index (χ1n) is 3.88. The van der Waals surface area contributed by atoms with E-state index < -0.39 is 24.6 Å². The molecule has 0 amide bonds. The molecule has 0 aliphatic carbocycles. The summed E-state index contributed by atoms with van der Waals surface area (Å²) in [5, 5.41) is 36.2. The lowest BCUT2D eigenvalue weighted by Gasteiger charge is -2.38. The molecule has 1 aliphatic heterocycles. The van der Waals surface area contributed by atoms with E-state index in [4.69, 9.17) is 20.1 Å². The summed E-state index contributed by atoms with van der Waals surface area (Å²) in [4.78, 5) is 0. The van der Waals surface area contributed by atoms with Gasteiger partial charge in [-0.3, -0.25) is 0 Å². The number of hydrogen-bond acceptors (Lipinski definition) is 5. The minimum absolute atomic E-state index is 0.276. The summed E-state index contributed by atoms with van der Waals surface area (Å²) in [5.41, 5.74) is 0. The minimum atomic E-state index is -1.41. The van der Waals surface area contributed by atoms with Gasteiger partial charge < -0.3 is 25.2 Å². The van der Waals surface area contributed by atoms with E-state index in [1.165, 1.54) is 0 Å². The molecule has 0 aromatic heterocycles. The summed E-state index contributed by atoms with van der Waals surface area (Å²) in [5.74, 6) is -0.381. The first kappa shape index (κ1) is 9.88. The van der Waals surface area contributed by atoms with Crippen molar-refractivity contribution in [2.75, 3.05) is 6.61 Å². The maximum Gasteiger partial charge on any atom is 0.183 e. The zero-order chi connectivity index (χ0) is 9.30. The molecular weight excluding hydrogens is 164 g/mol. The molecule has 0 saturated carbocycles. The maximum absolute atomic E-state index is 9.32. The van der Waals surface area contributed by atoms with Crippen LogP contribution in [0.5, 0.6) is 0 Å². The third-order valence-corrected chi connectivity index (χ3v) is 2.26. The molecule has 1 heterocycles. The van der Waals surface area contributed by atoms with Gasteiger partial charge in [-0.2, -0.15) is 0 Å². The smallest absolute Gasteiger partial charge is 0.183 e. The van der Waals surface area contributed by atoms with E-state index in [2.05, 4.69) is 0 Å². The fraction of sp³-hybridized carbons (Fsp3) is 1.00.